The van der Waals surface area contributed by atoms with Crippen molar-refractivity contribution in [3.63, 3.8) is 0 Å². The van der Waals surface area contributed by atoms with E-state index in [1.54, 1.807) is 13.0 Å². The fourth-order valence-electron chi connectivity index (χ4n) is 1.68. The Kier molecular flexibility index (Phi) is 3.81. The molecule has 0 heterocycles. The zero-order valence-electron chi connectivity index (χ0n) is 10.5. The smallest absolute Gasteiger partial charge is 0.337 e. The number of anilines is 1. The number of carboxylic acids is 1. The number of nitrogens with two attached hydrogens (primary N) is 1. The first kappa shape index (κ1) is 14.1. The van der Waals surface area contributed by atoms with Gasteiger partial charge in [0.1, 0.15) is 17.3 Å². The van der Waals surface area contributed by atoms with E-state index in [-0.39, 0.29) is 27.8 Å². The number of nitrogen functional groups attached to an aromatic ring is 1. The molecule has 3 N–H and O–H groups in total. The number of hydrogen-bond acceptors (Lipinski definition) is 3. The van der Waals surface area contributed by atoms with Gasteiger partial charge in [-0.05, 0) is 36.8 Å². The van der Waals surface area contributed by atoms with Crippen molar-refractivity contribution < 1.29 is 19.0 Å². The average molecular weight is 296 g/mol. The quantitative estimate of drug-likeness (QED) is 0.843. The molecule has 0 unspecified atom stereocenters. The fraction of sp³-hybridized carbons (Fsp3) is 0.0714. The second-order valence-electron chi connectivity index (χ2n) is 4.18. The van der Waals surface area contributed by atoms with Gasteiger partial charge in [-0.1, -0.05) is 11.6 Å². The molecule has 104 valence electrons. The minimum absolute atomic E-state index is 0.0166. The molecule has 0 saturated carbocycles. The Labute approximate surface area is 119 Å². The Morgan fingerprint density at radius 1 is 1.30 bits per heavy atom. The van der Waals surface area contributed by atoms with Crippen LogP contribution in [0.25, 0.3) is 0 Å². The van der Waals surface area contributed by atoms with Crippen LogP contribution in [0, 0.1) is 12.7 Å². The first-order chi connectivity index (χ1) is 9.38. The number of carbonyl (C=O) groups is 1. The molecule has 2 aromatic carbocycles. The lowest BCUT2D eigenvalue weighted by Crippen LogP contribution is -2.04. The molecule has 0 saturated heterocycles. The number of aromatic carboxylic acids is 1. The van der Waals surface area contributed by atoms with Crippen LogP contribution in [0.4, 0.5) is 10.1 Å². The zero-order valence-corrected chi connectivity index (χ0v) is 11.2. The van der Waals surface area contributed by atoms with Gasteiger partial charge in [-0.2, -0.15) is 0 Å². The van der Waals surface area contributed by atoms with Gasteiger partial charge in [0.25, 0.3) is 0 Å². The van der Waals surface area contributed by atoms with Crippen molar-refractivity contribution in [2.24, 2.45) is 0 Å². The van der Waals surface area contributed by atoms with Gasteiger partial charge in [0, 0.05) is 11.8 Å². The Hall–Kier alpha value is -2.27. The largest absolute Gasteiger partial charge is 0.478 e. The van der Waals surface area contributed by atoms with Crippen LogP contribution < -0.4 is 10.5 Å². The molecule has 0 aromatic heterocycles. The predicted molar refractivity (Wildman–Crippen MR) is 74.0 cm³/mol. The third-order valence-corrected chi connectivity index (χ3v) is 3.02. The molecule has 20 heavy (non-hydrogen) atoms. The van der Waals surface area contributed by atoms with E-state index >= 15 is 0 Å². The Morgan fingerprint density at radius 2 is 2.00 bits per heavy atom. The van der Waals surface area contributed by atoms with Crippen molar-refractivity contribution in [1.82, 2.24) is 0 Å². The first-order valence-corrected chi connectivity index (χ1v) is 6.02. The summed E-state index contributed by atoms with van der Waals surface area (Å²) in [5.41, 5.74) is 6.35. The van der Waals surface area contributed by atoms with Crippen LogP contribution in [0.15, 0.2) is 30.3 Å². The van der Waals surface area contributed by atoms with E-state index in [1.807, 2.05) is 0 Å². The van der Waals surface area contributed by atoms with Crippen molar-refractivity contribution >= 4 is 23.3 Å². The summed E-state index contributed by atoms with van der Waals surface area (Å²) in [7, 11) is 0. The molecule has 0 radical (unpaired) electrons. The standard InChI is InChI=1S/C14H11ClFNO3/c1-7-4-9(5-10(13(7)17)14(18)19)20-8-2-3-11(15)12(16)6-8/h2-6H,17H2,1H3,(H,18,19). The zero-order chi connectivity index (χ0) is 14.9. The van der Waals surface area contributed by atoms with Gasteiger partial charge in [-0.3, -0.25) is 0 Å². The Morgan fingerprint density at radius 3 is 2.60 bits per heavy atom. The van der Waals surface area contributed by atoms with Crippen LogP contribution in [0.1, 0.15) is 15.9 Å². The lowest BCUT2D eigenvalue weighted by molar-refractivity contribution is 0.0697. The van der Waals surface area contributed by atoms with Gasteiger partial charge >= 0.3 is 5.97 Å². The summed E-state index contributed by atoms with van der Waals surface area (Å²) in [6.45, 7) is 1.66. The molecule has 4 nitrogen and oxygen atoms in total. The van der Waals surface area contributed by atoms with Gasteiger partial charge in [-0.25, -0.2) is 9.18 Å². The van der Waals surface area contributed by atoms with Crippen molar-refractivity contribution in [1.29, 1.82) is 0 Å². The summed E-state index contributed by atoms with van der Waals surface area (Å²) < 4.78 is 18.7. The summed E-state index contributed by atoms with van der Waals surface area (Å²) in [6.07, 6.45) is 0. The van der Waals surface area contributed by atoms with Gasteiger partial charge in [0.05, 0.1) is 10.6 Å². The van der Waals surface area contributed by atoms with Gasteiger partial charge < -0.3 is 15.6 Å². The van der Waals surface area contributed by atoms with Gasteiger partial charge in [0.15, 0.2) is 0 Å². The van der Waals surface area contributed by atoms with E-state index < -0.39 is 11.8 Å². The molecule has 2 rings (SSSR count). The highest BCUT2D eigenvalue weighted by atomic mass is 35.5. The Bertz CT molecular complexity index is 688. The molecule has 0 aliphatic carbocycles. The molecule has 0 amide bonds. The first-order valence-electron chi connectivity index (χ1n) is 5.65. The van der Waals surface area contributed by atoms with Crippen LogP contribution in [0.3, 0.4) is 0 Å². The molecular formula is C14H11ClFNO3. The van der Waals surface area contributed by atoms with E-state index in [0.717, 1.165) is 6.07 Å². The normalized spacial score (nSPS) is 10.3. The lowest BCUT2D eigenvalue weighted by Gasteiger charge is -2.10. The number of rotatable bonds is 3. The van der Waals surface area contributed by atoms with E-state index in [4.69, 9.17) is 27.2 Å². The van der Waals surface area contributed by atoms with Crippen LogP contribution >= 0.6 is 11.6 Å². The lowest BCUT2D eigenvalue weighted by atomic mass is 10.1. The molecular weight excluding hydrogens is 285 g/mol. The van der Waals surface area contributed by atoms with Crippen LogP contribution in [-0.2, 0) is 0 Å². The molecule has 0 aliphatic heterocycles. The van der Waals surface area contributed by atoms with Gasteiger partial charge in [-0.15, -0.1) is 0 Å². The van der Waals surface area contributed by atoms with E-state index in [0.29, 0.717) is 5.56 Å². The summed E-state index contributed by atoms with van der Waals surface area (Å²) in [4.78, 5) is 11.1. The van der Waals surface area contributed by atoms with Gasteiger partial charge in [0.2, 0.25) is 0 Å². The second-order valence-corrected chi connectivity index (χ2v) is 4.59. The van der Waals surface area contributed by atoms with E-state index in [2.05, 4.69) is 0 Å². The maximum absolute atomic E-state index is 13.3. The highest BCUT2D eigenvalue weighted by molar-refractivity contribution is 6.30. The van der Waals surface area contributed by atoms with Crippen molar-refractivity contribution in [3.05, 3.63) is 52.3 Å². The third kappa shape index (κ3) is 2.83. The minimum Gasteiger partial charge on any atom is -0.478 e. The predicted octanol–water partition coefficient (Wildman–Crippen LogP) is 3.86. The van der Waals surface area contributed by atoms with Crippen LogP contribution in [-0.4, -0.2) is 11.1 Å². The van der Waals surface area contributed by atoms with Crippen molar-refractivity contribution in [3.8, 4) is 11.5 Å². The molecule has 0 atom stereocenters. The molecule has 0 fully saturated rings. The number of hydrogen-bond donors (Lipinski definition) is 2. The Balaban J connectivity index is 2.38. The minimum atomic E-state index is -1.15. The molecule has 0 bridgehead atoms. The summed E-state index contributed by atoms with van der Waals surface area (Å²) >= 11 is 5.57. The van der Waals surface area contributed by atoms with Crippen molar-refractivity contribution in [2.75, 3.05) is 5.73 Å². The summed E-state index contributed by atoms with van der Waals surface area (Å²) in [6, 6.07) is 6.83. The number of benzene rings is 2. The average Bonchev–Trinajstić information content (AvgIpc) is 2.37. The van der Waals surface area contributed by atoms with E-state index in [1.165, 1.54) is 18.2 Å². The molecule has 0 aliphatic rings. The number of aryl methyl sites for hydroxylation is 1. The summed E-state index contributed by atoms with van der Waals surface area (Å²) in [5.74, 6) is -1.30. The monoisotopic (exact) mass is 295 g/mol. The number of ether oxygens (including phenoxy) is 1. The molecule has 6 heteroatoms. The van der Waals surface area contributed by atoms with Crippen molar-refractivity contribution in [2.45, 2.75) is 6.92 Å². The summed E-state index contributed by atoms with van der Waals surface area (Å²) in [5, 5.41) is 9.03. The maximum atomic E-state index is 13.3. The molecule has 2 aromatic rings. The maximum Gasteiger partial charge on any atom is 0.337 e. The molecule has 0 spiro atoms. The van der Waals surface area contributed by atoms with Crippen LogP contribution in [0.5, 0.6) is 11.5 Å². The van der Waals surface area contributed by atoms with E-state index in [9.17, 15) is 9.18 Å². The highest BCUT2D eigenvalue weighted by Gasteiger charge is 2.13. The SMILES string of the molecule is Cc1cc(Oc2ccc(Cl)c(F)c2)cc(C(=O)O)c1N. The highest BCUT2D eigenvalue weighted by Crippen LogP contribution is 2.29. The topological polar surface area (TPSA) is 72.5 Å². The second kappa shape index (κ2) is 5.38. The number of halogens is 2. The third-order valence-electron chi connectivity index (χ3n) is 2.72. The van der Waals surface area contributed by atoms with Crippen LogP contribution in [0.2, 0.25) is 5.02 Å². The fourth-order valence-corrected chi connectivity index (χ4v) is 1.80. The number of carboxylic acid groups (broad SMARTS) is 1.